The molecule has 0 unspecified atom stereocenters. The van der Waals surface area contributed by atoms with Crippen molar-refractivity contribution in [2.24, 2.45) is 5.84 Å². The number of thiophene rings is 1. The highest BCUT2D eigenvalue weighted by molar-refractivity contribution is 7.14. The molecule has 0 amide bonds. The third-order valence-corrected chi connectivity index (χ3v) is 1.87. The molecule has 4 nitrogen and oxygen atoms in total. The second-order valence-electron chi connectivity index (χ2n) is 1.61. The Morgan fingerprint density at radius 3 is 2.90 bits per heavy atom. The quantitative estimate of drug-likeness (QED) is 0.438. The molecule has 54 valence electrons. The van der Waals surface area contributed by atoms with Gasteiger partial charge in [0.25, 0.3) is 0 Å². The van der Waals surface area contributed by atoms with E-state index in [4.69, 9.17) is 10.9 Å². The Morgan fingerprint density at radius 1 is 1.80 bits per heavy atom. The first-order valence-corrected chi connectivity index (χ1v) is 3.41. The summed E-state index contributed by atoms with van der Waals surface area (Å²) < 4.78 is 0. The van der Waals surface area contributed by atoms with Crippen molar-refractivity contribution in [1.29, 1.82) is 0 Å². The summed E-state index contributed by atoms with van der Waals surface area (Å²) in [4.78, 5) is 10.4. The van der Waals surface area contributed by atoms with E-state index < -0.39 is 5.97 Å². The van der Waals surface area contributed by atoms with E-state index in [0.717, 1.165) is 0 Å². The van der Waals surface area contributed by atoms with Gasteiger partial charge in [-0.3, -0.25) is 0 Å². The molecule has 1 aromatic rings. The zero-order chi connectivity index (χ0) is 7.56. The Bertz CT molecular complexity index is 246. The highest BCUT2D eigenvalue weighted by Gasteiger charge is 2.08. The number of nitrogens with two attached hydrogens (primary N) is 1. The first-order chi connectivity index (χ1) is 4.75. The lowest BCUT2D eigenvalue weighted by atomic mass is 10.3. The maximum Gasteiger partial charge on any atom is 0.338 e. The van der Waals surface area contributed by atoms with E-state index in [2.05, 4.69) is 5.43 Å². The molecule has 0 aliphatic heterocycles. The highest BCUT2D eigenvalue weighted by atomic mass is 32.1. The second kappa shape index (κ2) is 2.68. The van der Waals surface area contributed by atoms with Crippen LogP contribution >= 0.6 is 11.3 Å². The van der Waals surface area contributed by atoms with Crippen molar-refractivity contribution in [1.82, 2.24) is 0 Å². The number of carboxylic acid groups (broad SMARTS) is 1. The molecule has 0 aromatic carbocycles. The molecule has 0 radical (unpaired) electrons. The smallest absolute Gasteiger partial charge is 0.338 e. The van der Waals surface area contributed by atoms with Gasteiger partial charge in [-0.2, -0.15) is 0 Å². The van der Waals surface area contributed by atoms with Gasteiger partial charge in [-0.1, -0.05) is 0 Å². The number of hydrogen-bond acceptors (Lipinski definition) is 4. The average molecular weight is 158 g/mol. The molecule has 0 aliphatic rings. The normalized spacial score (nSPS) is 9.30. The first-order valence-electron chi connectivity index (χ1n) is 2.53. The molecule has 0 atom stereocenters. The van der Waals surface area contributed by atoms with Crippen LogP contribution in [0.1, 0.15) is 10.4 Å². The number of nitrogen functional groups attached to an aromatic ring is 1. The van der Waals surface area contributed by atoms with Crippen LogP contribution in [-0.2, 0) is 0 Å². The van der Waals surface area contributed by atoms with Crippen molar-refractivity contribution in [3.63, 3.8) is 0 Å². The molecular formula is C5H6N2O2S. The Kier molecular flexibility index (Phi) is 1.88. The van der Waals surface area contributed by atoms with Gasteiger partial charge >= 0.3 is 5.97 Å². The van der Waals surface area contributed by atoms with Crippen molar-refractivity contribution < 1.29 is 9.90 Å². The molecule has 1 rings (SSSR count). The van der Waals surface area contributed by atoms with E-state index in [-0.39, 0.29) is 5.56 Å². The molecular weight excluding hydrogens is 152 g/mol. The van der Waals surface area contributed by atoms with Gasteiger partial charge in [0.05, 0.1) is 5.56 Å². The summed E-state index contributed by atoms with van der Waals surface area (Å²) in [5, 5.41) is 10.6. The van der Waals surface area contributed by atoms with Crippen molar-refractivity contribution in [3.05, 3.63) is 17.0 Å². The van der Waals surface area contributed by atoms with Crippen LogP contribution in [0.15, 0.2) is 11.4 Å². The zero-order valence-corrected chi connectivity index (χ0v) is 5.81. The van der Waals surface area contributed by atoms with Crippen LogP contribution in [0.25, 0.3) is 0 Å². The predicted molar refractivity (Wildman–Crippen MR) is 39.1 cm³/mol. The minimum atomic E-state index is -0.964. The average Bonchev–Trinajstić information content (AvgIpc) is 2.33. The fourth-order valence-electron chi connectivity index (χ4n) is 0.589. The van der Waals surface area contributed by atoms with Crippen LogP contribution in [-0.4, -0.2) is 11.1 Å². The van der Waals surface area contributed by atoms with E-state index in [1.54, 1.807) is 5.38 Å². The minimum absolute atomic E-state index is 0.215. The Balaban J connectivity index is 3.01. The van der Waals surface area contributed by atoms with Crippen LogP contribution in [0.4, 0.5) is 5.00 Å². The van der Waals surface area contributed by atoms with Crippen LogP contribution in [0.5, 0.6) is 0 Å². The summed E-state index contributed by atoms with van der Waals surface area (Å²) in [5.74, 6) is 4.07. The molecule has 10 heavy (non-hydrogen) atoms. The molecule has 0 aliphatic carbocycles. The SMILES string of the molecule is NNc1sccc1C(=O)O. The van der Waals surface area contributed by atoms with Gasteiger partial charge < -0.3 is 10.5 Å². The van der Waals surface area contributed by atoms with Gasteiger partial charge in [-0.25, -0.2) is 10.6 Å². The molecule has 1 heterocycles. The fourth-order valence-corrected chi connectivity index (χ4v) is 1.28. The fraction of sp³-hybridized carbons (Fsp3) is 0. The maximum atomic E-state index is 10.4. The number of rotatable bonds is 2. The molecule has 0 bridgehead atoms. The third kappa shape index (κ3) is 1.09. The lowest BCUT2D eigenvalue weighted by Crippen LogP contribution is -2.08. The van der Waals surface area contributed by atoms with Gasteiger partial charge in [0.2, 0.25) is 0 Å². The molecule has 0 saturated heterocycles. The van der Waals surface area contributed by atoms with Crippen molar-refractivity contribution >= 4 is 22.3 Å². The molecule has 4 N–H and O–H groups in total. The summed E-state index contributed by atoms with van der Waals surface area (Å²) in [7, 11) is 0. The van der Waals surface area contributed by atoms with Crippen LogP contribution in [0, 0.1) is 0 Å². The molecule has 0 fully saturated rings. The Hall–Kier alpha value is -1.07. The van der Waals surface area contributed by atoms with Crippen LogP contribution in [0.3, 0.4) is 0 Å². The molecule has 0 spiro atoms. The number of carboxylic acids is 1. The Morgan fingerprint density at radius 2 is 2.50 bits per heavy atom. The van der Waals surface area contributed by atoms with E-state index in [9.17, 15) is 4.79 Å². The topological polar surface area (TPSA) is 75.3 Å². The van der Waals surface area contributed by atoms with Crippen LogP contribution in [0.2, 0.25) is 0 Å². The number of carbonyl (C=O) groups is 1. The van der Waals surface area contributed by atoms with Gasteiger partial charge in [0.1, 0.15) is 5.00 Å². The standard InChI is InChI=1S/C5H6N2O2S/c6-7-4-3(5(8)9)1-2-10-4/h1-2,7H,6H2,(H,8,9). The van der Waals surface area contributed by atoms with E-state index in [0.29, 0.717) is 5.00 Å². The minimum Gasteiger partial charge on any atom is -0.478 e. The number of nitrogens with one attached hydrogen (secondary N) is 1. The molecule has 1 aromatic heterocycles. The zero-order valence-electron chi connectivity index (χ0n) is 5.00. The molecule has 5 heteroatoms. The lowest BCUT2D eigenvalue weighted by Gasteiger charge is -1.94. The van der Waals surface area contributed by atoms with Gasteiger partial charge in [0.15, 0.2) is 0 Å². The Labute approximate surface area is 61.3 Å². The predicted octanol–water partition coefficient (Wildman–Crippen LogP) is 0.732. The maximum absolute atomic E-state index is 10.4. The van der Waals surface area contributed by atoms with Crippen molar-refractivity contribution in [2.45, 2.75) is 0 Å². The number of hydrogen-bond donors (Lipinski definition) is 3. The summed E-state index contributed by atoms with van der Waals surface area (Å²) in [6.45, 7) is 0. The van der Waals surface area contributed by atoms with Crippen molar-refractivity contribution in [2.75, 3.05) is 5.43 Å². The molecule has 0 saturated carbocycles. The van der Waals surface area contributed by atoms with Crippen LogP contribution < -0.4 is 11.3 Å². The second-order valence-corrected chi connectivity index (χ2v) is 2.53. The summed E-state index contributed by atoms with van der Waals surface area (Å²) >= 11 is 1.26. The summed E-state index contributed by atoms with van der Waals surface area (Å²) in [6.07, 6.45) is 0. The largest absolute Gasteiger partial charge is 0.478 e. The number of hydrazine groups is 1. The lowest BCUT2D eigenvalue weighted by molar-refractivity contribution is 0.0698. The highest BCUT2D eigenvalue weighted by Crippen LogP contribution is 2.21. The summed E-state index contributed by atoms with van der Waals surface area (Å²) in [6, 6.07) is 1.50. The van der Waals surface area contributed by atoms with Gasteiger partial charge in [0, 0.05) is 0 Å². The third-order valence-electron chi connectivity index (χ3n) is 1.03. The van der Waals surface area contributed by atoms with Gasteiger partial charge in [-0.05, 0) is 11.4 Å². The van der Waals surface area contributed by atoms with E-state index >= 15 is 0 Å². The first kappa shape index (κ1) is 7.04. The summed E-state index contributed by atoms with van der Waals surface area (Å²) in [5.41, 5.74) is 2.51. The van der Waals surface area contributed by atoms with Crippen molar-refractivity contribution in [3.8, 4) is 0 Å². The number of anilines is 1. The monoisotopic (exact) mass is 158 g/mol. The number of aromatic carboxylic acids is 1. The van der Waals surface area contributed by atoms with E-state index in [1.807, 2.05) is 0 Å². The van der Waals surface area contributed by atoms with Gasteiger partial charge in [-0.15, -0.1) is 11.3 Å². The van der Waals surface area contributed by atoms with E-state index in [1.165, 1.54) is 17.4 Å².